The Morgan fingerprint density at radius 1 is 1.30 bits per heavy atom. The fourth-order valence-corrected chi connectivity index (χ4v) is 3.46. The minimum atomic E-state index is -0.200. The third-order valence-electron chi connectivity index (χ3n) is 3.86. The number of benzene rings is 1. The van der Waals surface area contributed by atoms with Gasteiger partial charge < -0.3 is 15.8 Å². The van der Waals surface area contributed by atoms with E-state index in [2.05, 4.69) is 10.3 Å². The smallest absolute Gasteiger partial charge is 0.275 e. The number of aromatic nitrogens is 1. The number of hydrogen-bond acceptors (Lipinski definition) is 5. The van der Waals surface area contributed by atoms with Crippen molar-refractivity contribution in [1.29, 1.82) is 0 Å². The number of nitrogens with zero attached hydrogens (tertiary/aromatic N) is 1. The van der Waals surface area contributed by atoms with Crippen LogP contribution in [0.5, 0.6) is 5.75 Å². The molecule has 0 radical (unpaired) electrons. The minimum absolute atomic E-state index is 0.200. The van der Waals surface area contributed by atoms with Crippen LogP contribution in [0, 0.1) is 0 Å². The molecule has 23 heavy (non-hydrogen) atoms. The maximum atomic E-state index is 12.2. The van der Waals surface area contributed by atoms with Crippen molar-refractivity contribution in [3.8, 4) is 5.75 Å². The summed E-state index contributed by atoms with van der Waals surface area (Å²) in [6.07, 6.45) is 5.80. The maximum Gasteiger partial charge on any atom is 0.275 e. The topological polar surface area (TPSA) is 77.2 Å². The summed E-state index contributed by atoms with van der Waals surface area (Å²) in [6.45, 7) is 0.539. The van der Waals surface area contributed by atoms with Gasteiger partial charge in [-0.3, -0.25) is 4.79 Å². The number of hydrogen-bond donors (Lipinski definition) is 2. The minimum Gasteiger partial charge on any atom is -0.490 e. The first-order chi connectivity index (χ1) is 11.2. The molecule has 0 spiro atoms. The van der Waals surface area contributed by atoms with Gasteiger partial charge in [0.2, 0.25) is 0 Å². The monoisotopic (exact) mass is 331 g/mol. The van der Waals surface area contributed by atoms with E-state index in [1.807, 2.05) is 24.3 Å². The van der Waals surface area contributed by atoms with Crippen LogP contribution in [-0.2, 0) is 6.42 Å². The van der Waals surface area contributed by atoms with Crippen molar-refractivity contribution in [2.75, 3.05) is 11.9 Å². The number of nitrogens with two attached hydrogens (primary N) is 1. The standard InChI is InChI=1S/C17H21N3O2S/c18-10-9-16-20-15(11-23-16)17(21)19-12-5-7-14(8-6-12)22-13-3-1-2-4-13/h5-8,11,13H,1-4,9-10,18H2,(H,19,21). The van der Waals surface area contributed by atoms with Crippen LogP contribution < -0.4 is 15.8 Å². The zero-order valence-corrected chi connectivity index (χ0v) is 13.8. The molecule has 6 heteroatoms. The van der Waals surface area contributed by atoms with E-state index in [0.29, 0.717) is 24.8 Å². The zero-order valence-electron chi connectivity index (χ0n) is 13.0. The van der Waals surface area contributed by atoms with Crippen LogP contribution in [0.4, 0.5) is 5.69 Å². The molecule has 3 rings (SSSR count). The van der Waals surface area contributed by atoms with Gasteiger partial charge in [0.05, 0.1) is 11.1 Å². The number of carbonyl (C=O) groups excluding carboxylic acids is 1. The van der Waals surface area contributed by atoms with Crippen LogP contribution >= 0.6 is 11.3 Å². The zero-order chi connectivity index (χ0) is 16.1. The third-order valence-corrected chi connectivity index (χ3v) is 4.77. The van der Waals surface area contributed by atoms with E-state index in [1.165, 1.54) is 24.2 Å². The summed E-state index contributed by atoms with van der Waals surface area (Å²) in [4.78, 5) is 16.4. The summed E-state index contributed by atoms with van der Waals surface area (Å²) in [7, 11) is 0. The third kappa shape index (κ3) is 4.30. The Bertz CT molecular complexity index is 648. The van der Waals surface area contributed by atoms with Gasteiger partial charge in [0.25, 0.3) is 5.91 Å². The van der Waals surface area contributed by atoms with Crippen molar-refractivity contribution in [2.24, 2.45) is 5.73 Å². The van der Waals surface area contributed by atoms with E-state index in [0.717, 1.165) is 29.3 Å². The quantitative estimate of drug-likeness (QED) is 0.852. The molecule has 1 saturated carbocycles. The number of anilines is 1. The first-order valence-corrected chi connectivity index (χ1v) is 8.85. The van der Waals surface area contributed by atoms with E-state index in [1.54, 1.807) is 5.38 Å². The van der Waals surface area contributed by atoms with Crippen molar-refractivity contribution in [1.82, 2.24) is 4.98 Å². The molecular formula is C17H21N3O2S. The van der Waals surface area contributed by atoms with Gasteiger partial charge in [-0.25, -0.2) is 4.98 Å². The van der Waals surface area contributed by atoms with Crippen molar-refractivity contribution in [2.45, 2.75) is 38.2 Å². The number of amides is 1. The Balaban J connectivity index is 1.57. The van der Waals surface area contributed by atoms with Gasteiger partial charge in [0, 0.05) is 17.5 Å². The van der Waals surface area contributed by atoms with Gasteiger partial charge in [-0.2, -0.15) is 0 Å². The molecule has 0 aliphatic heterocycles. The Kier molecular flexibility index (Phi) is 5.25. The lowest BCUT2D eigenvalue weighted by Gasteiger charge is -2.13. The van der Waals surface area contributed by atoms with Crippen LogP contribution in [0.15, 0.2) is 29.6 Å². The largest absolute Gasteiger partial charge is 0.490 e. The van der Waals surface area contributed by atoms with Crippen molar-refractivity contribution >= 4 is 22.9 Å². The molecule has 1 aliphatic rings. The van der Waals surface area contributed by atoms with Crippen LogP contribution in [0.3, 0.4) is 0 Å². The molecule has 3 N–H and O–H groups in total. The first kappa shape index (κ1) is 16.0. The van der Waals surface area contributed by atoms with Crippen LogP contribution in [0.1, 0.15) is 41.2 Å². The summed E-state index contributed by atoms with van der Waals surface area (Å²) in [5.74, 6) is 0.655. The number of rotatable bonds is 6. The summed E-state index contributed by atoms with van der Waals surface area (Å²) in [5, 5.41) is 5.50. The fraction of sp³-hybridized carbons (Fsp3) is 0.412. The van der Waals surface area contributed by atoms with E-state index < -0.39 is 0 Å². The summed E-state index contributed by atoms with van der Waals surface area (Å²) >= 11 is 1.46. The second-order valence-corrected chi connectivity index (χ2v) is 6.61. The molecule has 0 atom stereocenters. The second-order valence-electron chi connectivity index (χ2n) is 5.67. The highest BCUT2D eigenvalue weighted by atomic mass is 32.1. The normalized spacial score (nSPS) is 14.8. The van der Waals surface area contributed by atoms with Gasteiger partial charge in [-0.15, -0.1) is 11.3 Å². The van der Waals surface area contributed by atoms with E-state index in [-0.39, 0.29) is 5.91 Å². The van der Waals surface area contributed by atoms with Gasteiger partial charge >= 0.3 is 0 Å². The Hall–Kier alpha value is -1.92. The number of ether oxygens (including phenoxy) is 1. The molecule has 1 aliphatic carbocycles. The van der Waals surface area contributed by atoms with Gasteiger partial charge in [0.15, 0.2) is 0 Å². The summed E-state index contributed by atoms with van der Waals surface area (Å²) in [6, 6.07) is 7.51. The van der Waals surface area contributed by atoms with E-state index >= 15 is 0 Å². The number of thiazole rings is 1. The molecular weight excluding hydrogens is 310 g/mol. The van der Waals surface area contributed by atoms with Gasteiger partial charge in [-0.05, 0) is 56.5 Å². The average molecular weight is 331 g/mol. The van der Waals surface area contributed by atoms with Gasteiger partial charge in [0.1, 0.15) is 11.4 Å². The second kappa shape index (κ2) is 7.57. The highest BCUT2D eigenvalue weighted by Crippen LogP contribution is 2.25. The van der Waals surface area contributed by atoms with Crippen molar-refractivity contribution in [3.05, 3.63) is 40.3 Å². The lowest BCUT2D eigenvalue weighted by molar-refractivity contribution is 0.102. The molecule has 0 saturated heterocycles. The summed E-state index contributed by atoms with van der Waals surface area (Å²) in [5.41, 5.74) is 6.67. The lowest BCUT2D eigenvalue weighted by atomic mass is 10.2. The fourth-order valence-electron chi connectivity index (χ4n) is 2.66. The van der Waals surface area contributed by atoms with E-state index in [4.69, 9.17) is 10.5 Å². The van der Waals surface area contributed by atoms with Crippen LogP contribution in [-0.4, -0.2) is 23.5 Å². The Labute approximate surface area is 139 Å². The number of nitrogens with one attached hydrogen (secondary N) is 1. The highest BCUT2D eigenvalue weighted by Gasteiger charge is 2.16. The average Bonchev–Trinajstić information content (AvgIpc) is 3.21. The van der Waals surface area contributed by atoms with Crippen molar-refractivity contribution in [3.63, 3.8) is 0 Å². The molecule has 1 fully saturated rings. The molecule has 1 amide bonds. The van der Waals surface area contributed by atoms with Gasteiger partial charge in [-0.1, -0.05) is 0 Å². The molecule has 1 heterocycles. The van der Waals surface area contributed by atoms with Crippen LogP contribution in [0.25, 0.3) is 0 Å². The maximum absolute atomic E-state index is 12.2. The van der Waals surface area contributed by atoms with Crippen LogP contribution in [0.2, 0.25) is 0 Å². The molecule has 0 unspecified atom stereocenters. The Morgan fingerprint density at radius 2 is 2.04 bits per heavy atom. The molecule has 0 bridgehead atoms. The molecule has 1 aromatic heterocycles. The van der Waals surface area contributed by atoms with E-state index in [9.17, 15) is 4.79 Å². The predicted molar refractivity (Wildman–Crippen MR) is 92.2 cm³/mol. The Morgan fingerprint density at radius 3 is 2.74 bits per heavy atom. The molecule has 5 nitrogen and oxygen atoms in total. The predicted octanol–water partition coefficient (Wildman–Crippen LogP) is 3.22. The molecule has 1 aromatic carbocycles. The highest BCUT2D eigenvalue weighted by molar-refractivity contribution is 7.09. The lowest BCUT2D eigenvalue weighted by Crippen LogP contribution is -2.13. The summed E-state index contributed by atoms with van der Waals surface area (Å²) < 4.78 is 5.91. The molecule has 122 valence electrons. The SMILES string of the molecule is NCCc1nc(C(=O)Nc2ccc(OC3CCCC3)cc2)cs1. The van der Waals surface area contributed by atoms with Crippen molar-refractivity contribution < 1.29 is 9.53 Å². The number of carbonyl (C=O) groups is 1. The first-order valence-electron chi connectivity index (χ1n) is 7.97. The molecule has 2 aromatic rings.